The van der Waals surface area contributed by atoms with E-state index in [1.54, 1.807) is 0 Å². The zero-order valence-corrected chi connectivity index (χ0v) is 33.0. The molecular weight excluding hydrogens is 691 g/mol. The summed E-state index contributed by atoms with van der Waals surface area (Å²) < 4.78 is 14.8. The summed E-state index contributed by atoms with van der Waals surface area (Å²) in [6.07, 6.45) is 5.78. The third kappa shape index (κ3) is 8.66. The fourth-order valence-electron chi connectivity index (χ4n) is 8.09. The van der Waals surface area contributed by atoms with Crippen LogP contribution >= 0.6 is 11.6 Å². The molecular formula is C44H54BClN6O2. The first-order valence-electron chi connectivity index (χ1n) is 19.7. The van der Waals surface area contributed by atoms with Gasteiger partial charge in [-0.25, -0.2) is 4.68 Å². The van der Waals surface area contributed by atoms with E-state index in [4.69, 9.17) is 26.0 Å². The van der Waals surface area contributed by atoms with Gasteiger partial charge in [0.05, 0.1) is 22.8 Å². The summed E-state index contributed by atoms with van der Waals surface area (Å²) in [6.45, 7) is 12.3. The fourth-order valence-corrected chi connectivity index (χ4v) is 8.22. The molecule has 0 radical (unpaired) electrons. The molecule has 2 aliphatic heterocycles. The topological polar surface area (TPSA) is 77.3 Å². The molecule has 5 aromatic rings. The minimum atomic E-state index is -0.663. The van der Waals surface area contributed by atoms with Gasteiger partial charge < -0.3 is 9.31 Å². The number of aromatic nitrogens is 4. The average molecular weight is 745 g/mol. The number of hydrogen-bond donors (Lipinski definition) is 1. The van der Waals surface area contributed by atoms with Gasteiger partial charge in [-0.3, -0.25) is 10.2 Å². The molecule has 10 heteroatoms. The summed E-state index contributed by atoms with van der Waals surface area (Å²) in [7, 11) is -0.214. The van der Waals surface area contributed by atoms with Crippen molar-refractivity contribution < 1.29 is 9.31 Å². The van der Waals surface area contributed by atoms with E-state index in [0.717, 1.165) is 92.1 Å². The molecule has 2 fully saturated rings. The zero-order chi connectivity index (χ0) is 37.6. The third-order valence-corrected chi connectivity index (χ3v) is 12.1. The first-order valence-corrected chi connectivity index (χ1v) is 20.0. The number of hydrogen-bond acceptors (Lipinski definition) is 7. The molecule has 1 unspecified atom stereocenters. The second kappa shape index (κ2) is 16.9. The number of likely N-dealkylation sites (tertiary alicyclic amines) is 1. The standard InChI is InChI=1S/C44H54BClN6O2/c1-42(2)43(3,4)54-45(53-42)29-15-14-22-40(41-48-49-50-52(41)33-35-27-30-51(31-28-35)32-34-23-25-39(46)26-24-34)47-44(36-16-8-5-9-17-36,37-18-10-6-11-19-37)38-20-12-7-13-21-38/h5-13,16-21,23-26,35,40,47H,14-15,22,27-33H2,1-4H3. The van der Waals surface area contributed by atoms with Crippen LogP contribution in [0.1, 0.15) is 93.9 Å². The Morgan fingerprint density at radius 1 is 0.778 bits per heavy atom. The van der Waals surface area contributed by atoms with Crippen molar-refractivity contribution in [1.82, 2.24) is 30.4 Å². The molecule has 4 aromatic carbocycles. The Kier molecular flexibility index (Phi) is 12.0. The first-order chi connectivity index (χ1) is 26.1. The maximum atomic E-state index is 6.36. The van der Waals surface area contributed by atoms with Crippen molar-refractivity contribution in [3.8, 4) is 0 Å². The molecule has 7 rings (SSSR count). The largest absolute Gasteiger partial charge is 0.457 e. The van der Waals surface area contributed by atoms with Gasteiger partial charge in [-0.05, 0) is 117 Å². The Morgan fingerprint density at radius 3 is 1.85 bits per heavy atom. The van der Waals surface area contributed by atoms with E-state index < -0.39 is 5.54 Å². The van der Waals surface area contributed by atoms with Gasteiger partial charge in [-0.1, -0.05) is 128 Å². The molecule has 1 N–H and O–H groups in total. The summed E-state index contributed by atoms with van der Waals surface area (Å²) in [5.74, 6) is 1.36. The minimum Gasteiger partial charge on any atom is -0.403 e. The number of unbranched alkanes of at least 4 members (excludes halogenated alkanes) is 1. The van der Waals surface area contributed by atoms with Gasteiger partial charge in [-0.2, -0.15) is 0 Å². The van der Waals surface area contributed by atoms with Crippen LogP contribution in [0.25, 0.3) is 0 Å². The number of tetrazole rings is 1. The molecule has 54 heavy (non-hydrogen) atoms. The van der Waals surface area contributed by atoms with E-state index in [-0.39, 0.29) is 24.4 Å². The molecule has 8 nitrogen and oxygen atoms in total. The predicted octanol–water partition coefficient (Wildman–Crippen LogP) is 9.12. The van der Waals surface area contributed by atoms with Gasteiger partial charge in [0.25, 0.3) is 0 Å². The lowest BCUT2D eigenvalue weighted by atomic mass is 9.76. The maximum Gasteiger partial charge on any atom is 0.457 e. The van der Waals surface area contributed by atoms with Crippen LogP contribution in [0.4, 0.5) is 0 Å². The number of halogens is 1. The second-order valence-corrected chi connectivity index (χ2v) is 16.5. The van der Waals surface area contributed by atoms with Crippen LogP contribution in [0.15, 0.2) is 115 Å². The van der Waals surface area contributed by atoms with Crippen LogP contribution < -0.4 is 5.32 Å². The van der Waals surface area contributed by atoms with Crippen molar-refractivity contribution in [2.24, 2.45) is 5.92 Å². The van der Waals surface area contributed by atoms with Crippen molar-refractivity contribution in [2.75, 3.05) is 13.1 Å². The van der Waals surface area contributed by atoms with E-state index >= 15 is 0 Å². The molecule has 2 aliphatic rings. The maximum absolute atomic E-state index is 6.36. The zero-order valence-electron chi connectivity index (χ0n) is 32.2. The number of nitrogens with zero attached hydrogens (tertiary/aromatic N) is 5. The van der Waals surface area contributed by atoms with E-state index in [0.29, 0.717) is 5.92 Å². The van der Waals surface area contributed by atoms with Gasteiger partial charge in [0.15, 0.2) is 5.82 Å². The predicted molar refractivity (Wildman–Crippen MR) is 217 cm³/mol. The van der Waals surface area contributed by atoms with E-state index in [1.807, 2.05) is 12.1 Å². The Labute approximate surface area is 326 Å². The van der Waals surface area contributed by atoms with Crippen molar-refractivity contribution in [3.63, 3.8) is 0 Å². The minimum absolute atomic E-state index is 0.149. The highest BCUT2D eigenvalue weighted by Gasteiger charge is 2.50. The number of rotatable bonds is 15. The summed E-state index contributed by atoms with van der Waals surface area (Å²) in [6, 6.07) is 40.4. The second-order valence-electron chi connectivity index (χ2n) is 16.1. The Hall–Kier alpha value is -3.86. The quantitative estimate of drug-likeness (QED) is 0.0651. The molecule has 0 saturated carbocycles. The highest BCUT2D eigenvalue weighted by Crippen LogP contribution is 2.41. The van der Waals surface area contributed by atoms with E-state index in [9.17, 15) is 0 Å². The number of benzene rings is 4. The highest BCUT2D eigenvalue weighted by atomic mass is 35.5. The fraction of sp³-hybridized carbons (Fsp3) is 0.432. The Balaban J connectivity index is 1.15. The number of nitrogens with one attached hydrogen (secondary N) is 1. The van der Waals surface area contributed by atoms with Crippen molar-refractivity contribution >= 4 is 18.7 Å². The van der Waals surface area contributed by atoms with Gasteiger partial charge in [0, 0.05) is 18.1 Å². The lowest BCUT2D eigenvalue weighted by molar-refractivity contribution is 0.00578. The van der Waals surface area contributed by atoms with Crippen LogP contribution in [0.5, 0.6) is 0 Å². The molecule has 0 amide bonds. The summed E-state index contributed by atoms with van der Waals surface area (Å²) in [5.41, 5.74) is 3.45. The molecule has 2 saturated heterocycles. The lowest BCUT2D eigenvalue weighted by Crippen LogP contribution is -2.47. The highest BCUT2D eigenvalue weighted by molar-refractivity contribution is 6.45. The SMILES string of the molecule is CC1(C)OB(CCCCC(NC(c2ccccc2)(c2ccccc2)c2ccccc2)c2nnnn2CC2CCN(Cc3ccc(Cl)cc3)CC2)OC1(C)C. The van der Waals surface area contributed by atoms with Crippen LogP contribution in [0.3, 0.4) is 0 Å². The summed E-state index contributed by atoms with van der Waals surface area (Å²) in [4.78, 5) is 2.54. The summed E-state index contributed by atoms with van der Waals surface area (Å²) >= 11 is 6.14. The van der Waals surface area contributed by atoms with Crippen LogP contribution in [0, 0.1) is 5.92 Å². The molecule has 1 aromatic heterocycles. The van der Waals surface area contributed by atoms with Gasteiger partial charge in [0.1, 0.15) is 0 Å². The monoisotopic (exact) mass is 744 g/mol. The third-order valence-electron chi connectivity index (χ3n) is 11.8. The first kappa shape index (κ1) is 38.4. The molecule has 1 atom stereocenters. The summed E-state index contributed by atoms with van der Waals surface area (Å²) in [5, 5.41) is 18.8. The molecule has 0 spiro atoms. The van der Waals surface area contributed by atoms with Crippen LogP contribution in [-0.4, -0.2) is 56.5 Å². The smallest absolute Gasteiger partial charge is 0.403 e. The van der Waals surface area contributed by atoms with Crippen LogP contribution in [-0.2, 0) is 27.9 Å². The Bertz CT molecular complexity index is 1790. The van der Waals surface area contributed by atoms with Crippen molar-refractivity contribution in [2.45, 2.75) is 102 Å². The van der Waals surface area contributed by atoms with E-state index in [2.05, 4.69) is 156 Å². The van der Waals surface area contributed by atoms with E-state index in [1.165, 1.54) is 5.56 Å². The van der Waals surface area contributed by atoms with Gasteiger partial charge in [0.2, 0.25) is 0 Å². The van der Waals surface area contributed by atoms with Crippen molar-refractivity contribution in [1.29, 1.82) is 0 Å². The molecule has 282 valence electrons. The van der Waals surface area contributed by atoms with Crippen LogP contribution in [0.2, 0.25) is 11.3 Å². The average Bonchev–Trinajstić information content (AvgIpc) is 3.73. The van der Waals surface area contributed by atoms with Crippen molar-refractivity contribution in [3.05, 3.63) is 148 Å². The molecule has 0 bridgehead atoms. The number of piperidine rings is 1. The molecule has 0 aliphatic carbocycles. The normalized spacial score (nSPS) is 18.2. The molecule has 3 heterocycles. The van der Waals surface area contributed by atoms with Gasteiger partial charge in [-0.15, -0.1) is 5.10 Å². The Morgan fingerprint density at radius 2 is 1.31 bits per heavy atom. The lowest BCUT2D eigenvalue weighted by Gasteiger charge is -2.40. The van der Waals surface area contributed by atoms with Gasteiger partial charge >= 0.3 is 7.12 Å².